The molecule has 0 rings (SSSR count). The van der Waals surface area contributed by atoms with Gasteiger partial charge in [-0.05, 0) is 12.8 Å². The van der Waals surface area contributed by atoms with E-state index in [-0.39, 0.29) is 5.41 Å². The Hall–Kier alpha value is -0.240. The van der Waals surface area contributed by atoms with Gasteiger partial charge in [0.25, 0.3) is 0 Å². The molecule has 0 aromatic heterocycles. The summed E-state index contributed by atoms with van der Waals surface area (Å²) in [5.41, 5.74) is -0.264. The van der Waals surface area contributed by atoms with Crippen LogP contribution in [-0.4, -0.2) is 117 Å². The Bertz CT molecular complexity index is 445. The number of ether oxygens (including phenoxy) is 4. The topological polar surface area (TPSA) is 36.9 Å². The van der Waals surface area contributed by atoms with Gasteiger partial charge in [-0.1, -0.05) is 78.1 Å². The van der Waals surface area contributed by atoms with Crippen LogP contribution in [0.4, 0.5) is 0 Å². The van der Waals surface area contributed by atoms with Crippen molar-refractivity contribution >= 4 is 0 Å². The minimum atomic E-state index is -0.264. The normalized spacial score (nSPS) is 13.0. The molecule has 224 valence electrons. The van der Waals surface area contributed by atoms with Crippen LogP contribution in [0.5, 0.6) is 0 Å². The van der Waals surface area contributed by atoms with Gasteiger partial charge >= 0.3 is 0 Å². The molecule has 0 heterocycles. The molecule has 0 unspecified atom stereocenters. The summed E-state index contributed by atoms with van der Waals surface area (Å²) in [6.07, 6.45) is 15.3. The molecule has 0 saturated carbocycles. The third-order valence-corrected chi connectivity index (χ3v) is 6.73. The fourth-order valence-corrected chi connectivity index (χ4v) is 4.05. The molecule has 0 spiro atoms. The van der Waals surface area contributed by atoms with E-state index >= 15 is 0 Å². The lowest BCUT2D eigenvalue weighted by atomic mass is 9.92. The Morgan fingerprint density at radius 1 is 0.405 bits per heavy atom. The van der Waals surface area contributed by atoms with Crippen LogP contribution in [0.15, 0.2) is 0 Å². The summed E-state index contributed by atoms with van der Waals surface area (Å²) in [7, 11) is 13.2. The van der Waals surface area contributed by atoms with Crippen LogP contribution in [0.25, 0.3) is 0 Å². The van der Waals surface area contributed by atoms with Gasteiger partial charge in [0.15, 0.2) is 0 Å². The molecule has 0 N–H and O–H groups in total. The van der Waals surface area contributed by atoms with Crippen molar-refractivity contribution in [3.05, 3.63) is 0 Å². The molecule has 0 aliphatic rings. The van der Waals surface area contributed by atoms with Crippen molar-refractivity contribution in [2.24, 2.45) is 5.41 Å². The van der Waals surface area contributed by atoms with Gasteiger partial charge in [0.1, 0.15) is 13.1 Å². The van der Waals surface area contributed by atoms with Gasteiger partial charge in [0.2, 0.25) is 0 Å². The number of nitrogens with zero attached hydrogens (tertiary/aromatic N) is 2. The van der Waals surface area contributed by atoms with Crippen LogP contribution in [0.2, 0.25) is 0 Å². The van der Waals surface area contributed by atoms with Crippen molar-refractivity contribution in [1.29, 1.82) is 0 Å². The van der Waals surface area contributed by atoms with Crippen LogP contribution in [0.1, 0.15) is 90.9 Å². The molecule has 0 amide bonds. The minimum Gasteiger partial charge on any atom is -0.381 e. The monoisotopic (exact) mass is 533 g/mol. The summed E-state index contributed by atoms with van der Waals surface area (Å²) >= 11 is 0. The summed E-state index contributed by atoms with van der Waals surface area (Å²) in [6.45, 7) is 12.1. The standard InChI is InChI=1S/C31H68N2O4/c1-9-11-13-15-17-19-23-34-27-31(29-36-25-21-32(3,4)5,30-37-26-22-33(6,7)8)28-35-24-20-18-16-14-12-10-2/h9-30H2,1-8H3/q+2. The molecular formula is C31H68N2O4+2. The maximum Gasteiger partial charge on any atom is 0.102 e. The van der Waals surface area contributed by atoms with Crippen LogP contribution in [0.3, 0.4) is 0 Å². The highest BCUT2D eigenvalue weighted by molar-refractivity contribution is 4.79. The smallest absolute Gasteiger partial charge is 0.102 e. The van der Waals surface area contributed by atoms with Crippen LogP contribution < -0.4 is 0 Å². The van der Waals surface area contributed by atoms with Gasteiger partial charge < -0.3 is 27.9 Å². The van der Waals surface area contributed by atoms with E-state index in [1.165, 1.54) is 64.2 Å². The highest BCUT2D eigenvalue weighted by Crippen LogP contribution is 2.22. The maximum atomic E-state index is 6.28. The summed E-state index contributed by atoms with van der Waals surface area (Å²) in [5.74, 6) is 0. The van der Waals surface area contributed by atoms with E-state index in [9.17, 15) is 0 Å². The van der Waals surface area contributed by atoms with E-state index in [4.69, 9.17) is 18.9 Å². The second kappa shape index (κ2) is 22.6. The molecule has 0 saturated heterocycles. The Labute approximate surface area is 232 Å². The fraction of sp³-hybridized carbons (Fsp3) is 1.00. The number of unbranched alkanes of at least 4 members (excludes halogenated alkanes) is 10. The fourth-order valence-electron chi connectivity index (χ4n) is 4.05. The second-order valence-corrected chi connectivity index (χ2v) is 13.3. The van der Waals surface area contributed by atoms with Gasteiger partial charge in [-0.25, -0.2) is 0 Å². The third-order valence-electron chi connectivity index (χ3n) is 6.73. The van der Waals surface area contributed by atoms with Crippen molar-refractivity contribution in [2.75, 3.05) is 108 Å². The molecule has 6 heteroatoms. The Morgan fingerprint density at radius 3 is 1.03 bits per heavy atom. The quantitative estimate of drug-likeness (QED) is 0.0892. The number of quaternary nitrogens is 2. The lowest BCUT2D eigenvalue weighted by Gasteiger charge is -2.34. The molecule has 0 aromatic carbocycles. The SMILES string of the molecule is CCCCCCCCOCC(COCCCCCCCC)(COCC[N+](C)(C)C)COCC[N+](C)(C)C. The highest BCUT2D eigenvalue weighted by atomic mass is 16.5. The van der Waals surface area contributed by atoms with E-state index in [0.717, 1.165) is 61.3 Å². The van der Waals surface area contributed by atoms with Gasteiger partial charge in [0, 0.05) is 13.2 Å². The van der Waals surface area contributed by atoms with E-state index in [1.54, 1.807) is 0 Å². The third kappa shape index (κ3) is 25.8. The first kappa shape index (κ1) is 36.8. The summed E-state index contributed by atoms with van der Waals surface area (Å²) in [4.78, 5) is 0. The Kier molecular flexibility index (Phi) is 22.4. The number of hydrogen-bond acceptors (Lipinski definition) is 4. The summed E-state index contributed by atoms with van der Waals surface area (Å²) in [6, 6.07) is 0. The second-order valence-electron chi connectivity index (χ2n) is 13.3. The van der Waals surface area contributed by atoms with Crippen LogP contribution in [-0.2, 0) is 18.9 Å². The van der Waals surface area contributed by atoms with E-state index < -0.39 is 0 Å². The average molecular weight is 533 g/mol. The van der Waals surface area contributed by atoms with Crippen LogP contribution in [0, 0.1) is 5.41 Å². The molecular weight excluding hydrogens is 464 g/mol. The number of likely N-dealkylation sites (N-methyl/N-ethyl adjacent to an activating group) is 2. The Morgan fingerprint density at radius 2 is 0.703 bits per heavy atom. The molecule has 0 atom stereocenters. The molecule has 37 heavy (non-hydrogen) atoms. The predicted molar refractivity (Wildman–Crippen MR) is 158 cm³/mol. The molecule has 0 aromatic rings. The first-order valence-corrected chi connectivity index (χ1v) is 15.5. The van der Waals surface area contributed by atoms with E-state index in [2.05, 4.69) is 56.1 Å². The largest absolute Gasteiger partial charge is 0.381 e. The van der Waals surface area contributed by atoms with E-state index in [0.29, 0.717) is 26.4 Å². The van der Waals surface area contributed by atoms with Crippen molar-refractivity contribution in [3.63, 3.8) is 0 Å². The van der Waals surface area contributed by atoms with Crippen molar-refractivity contribution < 1.29 is 27.9 Å². The average Bonchev–Trinajstić information content (AvgIpc) is 2.81. The molecule has 0 aliphatic carbocycles. The van der Waals surface area contributed by atoms with E-state index in [1.807, 2.05) is 0 Å². The zero-order chi connectivity index (χ0) is 27.9. The molecule has 0 fully saturated rings. The van der Waals surface area contributed by atoms with Crippen molar-refractivity contribution in [1.82, 2.24) is 0 Å². The predicted octanol–water partition coefficient (Wildman–Crippen LogP) is 6.17. The van der Waals surface area contributed by atoms with Gasteiger partial charge in [-0.15, -0.1) is 0 Å². The van der Waals surface area contributed by atoms with Gasteiger partial charge in [-0.3, -0.25) is 0 Å². The zero-order valence-corrected chi connectivity index (χ0v) is 26.6. The first-order chi connectivity index (χ1) is 17.5. The first-order valence-electron chi connectivity index (χ1n) is 15.5. The lowest BCUT2D eigenvalue weighted by Crippen LogP contribution is -2.44. The molecule has 0 radical (unpaired) electrons. The summed E-state index contributed by atoms with van der Waals surface area (Å²) < 4.78 is 26.9. The zero-order valence-electron chi connectivity index (χ0n) is 26.6. The summed E-state index contributed by atoms with van der Waals surface area (Å²) in [5, 5.41) is 0. The van der Waals surface area contributed by atoms with Crippen molar-refractivity contribution in [2.45, 2.75) is 90.9 Å². The van der Waals surface area contributed by atoms with Crippen molar-refractivity contribution in [3.8, 4) is 0 Å². The molecule has 0 aliphatic heterocycles. The Balaban J connectivity index is 4.92. The number of rotatable bonds is 28. The molecule has 0 bridgehead atoms. The molecule has 6 nitrogen and oxygen atoms in total. The lowest BCUT2D eigenvalue weighted by molar-refractivity contribution is -0.870. The number of hydrogen-bond donors (Lipinski definition) is 0. The minimum absolute atomic E-state index is 0.264. The van der Waals surface area contributed by atoms with Gasteiger partial charge in [-0.2, -0.15) is 0 Å². The van der Waals surface area contributed by atoms with Crippen LogP contribution >= 0.6 is 0 Å². The van der Waals surface area contributed by atoms with Gasteiger partial charge in [0.05, 0.1) is 87.3 Å². The maximum absolute atomic E-state index is 6.28. The highest BCUT2D eigenvalue weighted by Gasteiger charge is 2.33.